The Balaban J connectivity index is 1.50. The van der Waals surface area contributed by atoms with E-state index in [9.17, 15) is 9.90 Å². The molecule has 0 radical (unpaired) electrons. The van der Waals surface area contributed by atoms with Crippen LogP contribution >= 0.6 is 0 Å². The van der Waals surface area contributed by atoms with Crippen LogP contribution in [0.3, 0.4) is 0 Å². The lowest BCUT2D eigenvalue weighted by molar-refractivity contribution is 0.0748. The van der Waals surface area contributed by atoms with Crippen molar-refractivity contribution in [1.82, 2.24) is 14.9 Å². The van der Waals surface area contributed by atoms with Crippen molar-refractivity contribution in [3.8, 4) is 5.75 Å². The van der Waals surface area contributed by atoms with Gasteiger partial charge in [0.25, 0.3) is 5.91 Å². The van der Waals surface area contributed by atoms with Crippen LogP contribution in [0.25, 0.3) is 10.9 Å². The number of aromatic nitrogens is 2. The molecular weight excluding hydrogens is 354 g/mol. The van der Waals surface area contributed by atoms with Crippen molar-refractivity contribution in [2.24, 2.45) is 0 Å². The number of nitrogens with one attached hydrogen (secondary N) is 1. The summed E-state index contributed by atoms with van der Waals surface area (Å²) in [6.45, 7) is 5.77. The molecular formula is C21H25N5O2. The van der Waals surface area contributed by atoms with Crippen molar-refractivity contribution >= 4 is 28.3 Å². The molecule has 1 fully saturated rings. The van der Waals surface area contributed by atoms with E-state index in [1.54, 1.807) is 24.4 Å². The van der Waals surface area contributed by atoms with Gasteiger partial charge in [-0.25, -0.2) is 4.98 Å². The highest BCUT2D eigenvalue weighted by Crippen LogP contribution is 2.28. The van der Waals surface area contributed by atoms with E-state index in [0.717, 1.165) is 42.0 Å². The standard InChI is InChI=1S/C21H25N5O2/c1-3-24(2)19-5-4-8-22-20(19)25-9-11-26(12-10-25)21(28)17-14-23-18-7-6-15(27)13-16(17)18/h4-8,13-14,23,27H,3,9-12H2,1-2H3. The van der Waals surface area contributed by atoms with Gasteiger partial charge in [0.1, 0.15) is 5.75 Å². The minimum Gasteiger partial charge on any atom is -0.508 e. The largest absolute Gasteiger partial charge is 0.508 e. The molecule has 0 saturated carbocycles. The third-order valence-corrected chi connectivity index (χ3v) is 5.41. The van der Waals surface area contributed by atoms with Gasteiger partial charge in [-0.1, -0.05) is 0 Å². The van der Waals surface area contributed by atoms with E-state index in [1.165, 1.54) is 0 Å². The summed E-state index contributed by atoms with van der Waals surface area (Å²) >= 11 is 0. The van der Waals surface area contributed by atoms with Crippen molar-refractivity contribution in [3.05, 3.63) is 48.3 Å². The van der Waals surface area contributed by atoms with E-state index in [4.69, 9.17) is 0 Å². The number of fused-ring (bicyclic) bond motifs is 1. The Morgan fingerprint density at radius 3 is 2.79 bits per heavy atom. The first-order valence-corrected chi connectivity index (χ1v) is 9.59. The van der Waals surface area contributed by atoms with Crippen molar-refractivity contribution < 1.29 is 9.90 Å². The summed E-state index contributed by atoms with van der Waals surface area (Å²) in [5, 5.41) is 10.5. The number of phenols is 1. The summed E-state index contributed by atoms with van der Waals surface area (Å²) in [5.74, 6) is 1.12. The van der Waals surface area contributed by atoms with Gasteiger partial charge >= 0.3 is 0 Å². The van der Waals surface area contributed by atoms with Gasteiger partial charge < -0.3 is 24.8 Å². The van der Waals surface area contributed by atoms with Crippen LogP contribution in [0.5, 0.6) is 5.75 Å². The van der Waals surface area contributed by atoms with Crippen LogP contribution in [0, 0.1) is 0 Å². The van der Waals surface area contributed by atoms with E-state index < -0.39 is 0 Å². The van der Waals surface area contributed by atoms with Crippen molar-refractivity contribution in [3.63, 3.8) is 0 Å². The maximum Gasteiger partial charge on any atom is 0.256 e. The number of anilines is 2. The third kappa shape index (κ3) is 3.24. The van der Waals surface area contributed by atoms with E-state index in [-0.39, 0.29) is 11.7 Å². The summed E-state index contributed by atoms with van der Waals surface area (Å²) < 4.78 is 0. The summed E-state index contributed by atoms with van der Waals surface area (Å²) in [4.78, 5) is 27.0. The molecule has 0 aliphatic carbocycles. The molecule has 1 aromatic carbocycles. The highest BCUT2D eigenvalue weighted by atomic mass is 16.3. The number of hydrogen-bond donors (Lipinski definition) is 2. The predicted molar refractivity (Wildman–Crippen MR) is 111 cm³/mol. The highest BCUT2D eigenvalue weighted by Gasteiger charge is 2.26. The molecule has 1 aliphatic rings. The number of phenolic OH excluding ortho intramolecular Hbond substituents is 1. The van der Waals surface area contributed by atoms with Crippen LogP contribution in [0.2, 0.25) is 0 Å². The Hall–Kier alpha value is -3.22. The molecule has 0 bridgehead atoms. The van der Waals surface area contributed by atoms with E-state index in [0.29, 0.717) is 18.7 Å². The van der Waals surface area contributed by atoms with Crippen molar-refractivity contribution in [2.45, 2.75) is 6.92 Å². The maximum absolute atomic E-state index is 13.0. The Bertz CT molecular complexity index is 991. The summed E-state index contributed by atoms with van der Waals surface area (Å²) in [5.41, 5.74) is 2.56. The van der Waals surface area contributed by atoms with Crippen LogP contribution in [0.15, 0.2) is 42.7 Å². The summed E-state index contributed by atoms with van der Waals surface area (Å²) in [6, 6.07) is 9.07. The van der Waals surface area contributed by atoms with Crippen molar-refractivity contribution in [2.75, 3.05) is 49.6 Å². The van der Waals surface area contributed by atoms with Gasteiger partial charge in [-0.3, -0.25) is 4.79 Å². The fraction of sp³-hybridized carbons (Fsp3) is 0.333. The lowest BCUT2D eigenvalue weighted by Crippen LogP contribution is -2.49. The normalized spacial score (nSPS) is 14.5. The molecule has 1 aliphatic heterocycles. The molecule has 7 heteroatoms. The monoisotopic (exact) mass is 379 g/mol. The van der Waals surface area contributed by atoms with Crippen LogP contribution in [-0.4, -0.2) is 65.7 Å². The Morgan fingerprint density at radius 2 is 2.04 bits per heavy atom. The second-order valence-electron chi connectivity index (χ2n) is 7.07. The fourth-order valence-corrected chi connectivity index (χ4v) is 3.68. The first-order valence-electron chi connectivity index (χ1n) is 9.59. The number of pyridine rings is 1. The molecule has 0 atom stereocenters. The first-order chi connectivity index (χ1) is 13.6. The first kappa shape index (κ1) is 18.2. The zero-order valence-electron chi connectivity index (χ0n) is 16.2. The number of aromatic hydroxyl groups is 1. The minimum absolute atomic E-state index is 0.0107. The van der Waals surface area contributed by atoms with E-state index in [2.05, 4.69) is 39.8 Å². The van der Waals surface area contributed by atoms with Gasteiger partial charge in [-0.05, 0) is 37.3 Å². The van der Waals surface area contributed by atoms with Crippen molar-refractivity contribution in [1.29, 1.82) is 0 Å². The Labute approximate surface area is 164 Å². The van der Waals surface area contributed by atoms with E-state index in [1.807, 2.05) is 17.2 Å². The molecule has 0 spiro atoms. The van der Waals surface area contributed by atoms with Gasteiger partial charge in [0, 0.05) is 63.1 Å². The molecule has 3 aromatic rings. The molecule has 146 valence electrons. The lowest BCUT2D eigenvalue weighted by Gasteiger charge is -2.37. The number of amides is 1. The number of nitrogens with zero attached hydrogens (tertiary/aromatic N) is 4. The molecule has 0 unspecified atom stereocenters. The van der Waals surface area contributed by atoms with Gasteiger partial charge in [0.2, 0.25) is 0 Å². The smallest absolute Gasteiger partial charge is 0.256 e. The van der Waals surface area contributed by atoms with Gasteiger partial charge in [0.15, 0.2) is 5.82 Å². The molecule has 1 saturated heterocycles. The second-order valence-corrected chi connectivity index (χ2v) is 7.07. The number of hydrogen-bond acceptors (Lipinski definition) is 5. The number of piperazine rings is 1. The fourth-order valence-electron chi connectivity index (χ4n) is 3.68. The Kier molecular flexibility index (Phi) is 4.81. The zero-order valence-corrected chi connectivity index (χ0v) is 16.2. The molecule has 7 nitrogen and oxygen atoms in total. The zero-order chi connectivity index (χ0) is 19.7. The second kappa shape index (κ2) is 7.42. The number of rotatable bonds is 4. The van der Waals surface area contributed by atoms with Gasteiger partial charge in [0.05, 0.1) is 11.3 Å². The Morgan fingerprint density at radius 1 is 1.25 bits per heavy atom. The number of carbonyl (C=O) groups excluding carboxylic acids is 1. The summed E-state index contributed by atoms with van der Waals surface area (Å²) in [6.07, 6.45) is 3.55. The molecule has 4 rings (SSSR count). The molecule has 3 heterocycles. The average molecular weight is 379 g/mol. The molecule has 2 N–H and O–H groups in total. The number of carbonyl (C=O) groups is 1. The van der Waals surface area contributed by atoms with Gasteiger partial charge in [-0.15, -0.1) is 0 Å². The van der Waals surface area contributed by atoms with E-state index >= 15 is 0 Å². The SMILES string of the molecule is CCN(C)c1cccnc1N1CCN(C(=O)c2c[nH]c3ccc(O)cc23)CC1. The summed E-state index contributed by atoms with van der Waals surface area (Å²) in [7, 11) is 2.06. The quantitative estimate of drug-likeness (QED) is 0.729. The van der Waals surface area contributed by atoms with Crippen LogP contribution < -0.4 is 9.80 Å². The highest BCUT2D eigenvalue weighted by molar-refractivity contribution is 6.07. The average Bonchev–Trinajstić information content (AvgIpc) is 3.15. The lowest BCUT2D eigenvalue weighted by atomic mass is 10.1. The topological polar surface area (TPSA) is 75.7 Å². The third-order valence-electron chi connectivity index (χ3n) is 5.41. The van der Waals surface area contributed by atoms with Crippen LogP contribution in [0.4, 0.5) is 11.5 Å². The number of benzene rings is 1. The van der Waals surface area contributed by atoms with Crippen LogP contribution in [0.1, 0.15) is 17.3 Å². The maximum atomic E-state index is 13.0. The predicted octanol–water partition coefficient (Wildman–Crippen LogP) is 2.69. The minimum atomic E-state index is -0.0107. The van der Waals surface area contributed by atoms with Crippen LogP contribution in [-0.2, 0) is 0 Å². The molecule has 1 amide bonds. The number of aromatic amines is 1. The molecule has 28 heavy (non-hydrogen) atoms. The van der Waals surface area contributed by atoms with Gasteiger partial charge in [-0.2, -0.15) is 0 Å². The molecule has 2 aromatic heterocycles. The number of H-pyrrole nitrogens is 1.